The highest BCUT2D eigenvalue weighted by atomic mass is 79.9. The van der Waals surface area contributed by atoms with Crippen molar-refractivity contribution in [1.29, 1.82) is 0 Å². The number of halogens is 1. The molecule has 0 saturated heterocycles. The number of benzene rings is 1. The molecule has 1 aromatic carbocycles. The number of carbonyl (C=O) groups excluding carboxylic acids is 1. The van der Waals surface area contributed by atoms with Crippen LogP contribution in [0.2, 0.25) is 0 Å². The maximum atomic E-state index is 11.7. The quantitative estimate of drug-likeness (QED) is 0.913. The Hall–Kier alpha value is -0.880. The molecule has 0 radical (unpaired) electrons. The van der Waals surface area contributed by atoms with Gasteiger partial charge in [0, 0.05) is 17.3 Å². The lowest BCUT2D eigenvalue weighted by molar-refractivity contribution is -0.120. The number of nitrogens with one attached hydrogen (secondary N) is 1. The van der Waals surface area contributed by atoms with Crippen molar-refractivity contribution in [2.75, 3.05) is 6.26 Å². The molecule has 0 aliphatic rings. The maximum Gasteiger partial charge on any atom is 0.238 e. The molecule has 1 rings (SSSR count). The summed E-state index contributed by atoms with van der Waals surface area (Å²) in [6.45, 7) is 3.64. The summed E-state index contributed by atoms with van der Waals surface area (Å²) in [6.07, 6.45) is 1.06. The van der Waals surface area contributed by atoms with E-state index in [0.29, 0.717) is 6.54 Å². The Bertz CT molecular complexity index is 554. The van der Waals surface area contributed by atoms with Crippen LogP contribution in [0.5, 0.6) is 0 Å². The van der Waals surface area contributed by atoms with Gasteiger partial charge in [-0.3, -0.25) is 4.79 Å². The Morgan fingerprint density at radius 1 is 1.44 bits per heavy atom. The Morgan fingerprint density at radius 3 is 2.61 bits per heavy atom. The number of hydrogen-bond donors (Lipinski definition) is 1. The van der Waals surface area contributed by atoms with Gasteiger partial charge < -0.3 is 5.32 Å². The van der Waals surface area contributed by atoms with E-state index in [1.807, 2.05) is 25.1 Å². The summed E-state index contributed by atoms with van der Waals surface area (Å²) in [5.74, 6) is -0.481. The summed E-state index contributed by atoms with van der Waals surface area (Å²) in [5.41, 5.74) is 1.99. The molecule has 4 nitrogen and oxygen atoms in total. The second-order valence-corrected chi connectivity index (χ2v) is 7.40. The van der Waals surface area contributed by atoms with Gasteiger partial charge in [0.05, 0.1) is 0 Å². The normalized spacial score (nSPS) is 13.1. The minimum absolute atomic E-state index is 0.307. The second kappa shape index (κ2) is 5.84. The largest absolute Gasteiger partial charge is 0.351 e. The van der Waals surface area contributed by atoms with Crippen molar-refractivity contribution < 1.29 is 13.2 Å². The van der Waals surface area contributed by atoms with Crippen LogP contribution in [-0.4, -0.2) is 25.8 Å². The highest BCUT2D eigenvalue weighted by molar-refractivity contribution is 9.10. The predicted octanol–water partition coefficient (Wildman–Crippen LogP) is 1.81. The molecule has 18 heavy (non-hydrogen) atoms. The lowest BCUT2D eigenvalue weighted by Crippen LogP contribution is -2.37. The first kappa shape index (κ1) is 15.2. The number of amides is 1. The van der Waals surface area contributed by atoms with Crippen LogP contribution in [0, 0.1) is 6.92 Å². The van der Waals surface area contributed by atoms with Gasteiger partial charge in [0.1, 0.15) is 5.25 Å². The highest BCUT2D eigenvalue weighted by Crippen LogP contribution is 2.20. The number of hydrogen-bond acceptors (Lipinski definition) is 3. The van der Waals surface area contributed by atoms with Crippen LogP contribution < -0.4 is 5.32 Å². The van der Waals surface area contributed by atoms with Gasteiger partial charge in [0.2, 0.25) is 5.91 Å². The van der Waals surface area contributed by atoms with E-state index in [1.165, 1.54) is 6.92 Å². The molecule has 0 spiro atoms. The average Bonchev–Trinajstić information content (AvgIpc) is 2.28. The molecule has 0 heterocycles. The van der Waals surface area contributed by atoms with E-state index in [2.05, 4.69) is 21.2 Å². The monoisotopic (exact) mass is 333 g/mol. The molecular weight excluding hydrogens is 318 g/mol. The van der Waals surface area contributed by atoms with Gasteiger partial charge in [-0.25, -0.2) is 8.42 Å². The minimum Gasteiger partial charge on any atom is -0.351 e. The summed E-state index contributed by atoms with van der Waals surface area (Å²) in [7, 11) is -3.35. The minimum atomic E-state index is -3.35. The zero-order valence-electron chi connectivity index (χ0n) is 10.5. The van der Waals surface area contributed by atoms with Crippen LogP contribution in [0.3, 0.4) is 0 Å². The zero-order chi connectivity index (χ0) is 13.9. The molecule has 0 aliphatic heterocycles. The third-order valence-corrected chi connectivity index (χ3v) is 5.37. The molecule has 1 unspecified atom stereocenters. The highest BCUT2D eigenvalue weighted by Gasteiger charge is 2.23. The molecule has 100 valence electrons. The van der Waals surface area contributed by atoms with Gasteiger partial charge in [0.15, 0.2) is 9.84 Å². The molecule has 1 N–H and O–H groups in total. The Labute approximate surface area is 116 Å². The first-order valence-electron chi connectivity index (χ1n) is 5.44. The number of carbonyl (C=O) groups is 1. The van der Waals surface area contributed by atoms with Crippen LogP contribution in [0.25, 0.3) is 0 Å². The maximum absolute atomic E-state index is 11.7. The number of sulfone groups is 1. The molecule has 0 fully saturated rings. The summed E-state index contributed by atoms with van der Waals surface area (Å²) < 4.78 is 23.4. The molecular formula is C12H16BrNO3S. The van der Waals surface area contributed by atoms with E-state index in [9.17, 15) is 13.2 Å². The topological polar surface area (TPSA) is 63.2 Å². The van der Waals surface area contributed by atoms with E-state index in [1.54, 1.807) is 0 Å². The fourth-order valence-electron chi connectivity index (χ4n) is 1.37. The predicted molar refractivity (Wildman–Crippen MR) is 75.0 cm³/mol. The Kier molecular flexibility index (Phi) is 4.92. The van der Waals surface area contributed by atoms with E-state index in [-0.39, 0.29) is 0 Å². The molecule has 0 aromatic heterocycles. The fraction of sp³-hybridized carbons (Fsp3) is 0.417. The third kappa shape index (κ3) is 3.81. The standard InChI is InChI=1S/C12H16BrNO3S/c1-8-5-4-6-10(11(8)13)7-14-12(15)9(2)18(3,16)17/h4-6,9H,7H2,1-3H3,(H,14,15). The van der Waals surface area contributed by atoms with E-state index < -0.39 is 21.0 Å². The second-order valence-electron chi connectivity index (χ2n) is 4.24. The van der Waals surface area contributed by atoms with Crippen molar-refractivity contribution in [2.24, 2.45) is 0 Å². The van der Waals surface area contributed by atoms with Crippen LogP contribution in [0.15, 0.2) is 22.7 Å². The van der Waals surface area contributed by atoms with E-state index >= 15 is 0 Å². The van der Waals surface area contributed by atoms with Crippen molar-refractivity contribution in [1.82, 2.24) is 5.32 Å². The molecule has 0 saturated carbocycles. The summed E-state index contributed by atoms with van der Waals surface area (Å²) in [4.78, 5) is 11.7. The van der Waals surface area contributed by atoms with E-state index in [0.717, 1.165) is 21.9 Å². The van der Waals surface area contributed by atoms with Crippen molar-refractivity contribution in [3.63, 3.8) is 0 Å². The molecule has 1 aromatic rings. The van der Waals surface area contributed by atoms with Crippen LogP contribution >= 0.6 is 15.9 Å². The smallest absolute Gasteiger partial charge is 0.238 e. The third-order valence-electron chi connectivity index (χ3n) is 2.74. The van der Waals surface area contributed by atoms with Crippen molar-refractivity contribution >= 4 is 31.7 Å². The number of aryl methyl sites for hydroxylation is 1. The average molecular weight is 334 g/mol. The van der Waals surface area contributed by atoms with Crippen molar-refractivity contribution in [3.05, 3.63) is 33.8 Å². The molecule has 0 aliphatic carbocycles. The van der Waals surface area contributed by atoms with Gasteiger partial charge >= 0.3 is 0 Å². The SMILES string of the molecule is Cc1cccc(CNC(=O)C(C)S(C)(=O)=O)c1Br. The Balaban J connectivity index is 2.72. The van der Waals surface area contributed by atoms with E-state index in [4.69, 9.17) is 0 Å². The van der Waals surface area contributed by atoms with Gasteiger partial charge in [0.25, 0.3) is 0 Å². The molecule has 1 atom stereocenters. The van der Waals surface area contributed by atoms with Gasteiger partial charge in [-0.1, -0.05) is 34.1 Å². The van der Waals surface area contributed by atoms with Crippen LogP contribution in [0.1, 0.15) is 18.1 Å². The zero-order valence-corrected chi connectivity index (χ0v) is 12.9. The number of rotatable bonds is 4. The van der Waals surface area contributed by atoms with Gasteiger partial charge in [-0.2, -0.15) is 0 Å². The summed E-state index contributed by atoms with van der Waals surface area (Å²) >= 11 is 3.44. The first-order valence-corrected chi connectivity index (χ1v) is 8.19. The lowest BCUT2D eigenvalue weighted by Gasteiger charge is -2.12. The summed E-state index contributed by atoms with van der Waals surface area (Å²) in [5, 5.41) is 1.60. The lowest BCUT2D eigenvalue weighted by atomic mass is 10.1. The van der Waals surface area contributed by atoms with Crippen molar-refractivity contribution in [3.8, 4) is 0 Å². The van der Waals surface area contributed by atoms with Crippen molar-refractivity contribution in [2.45, 2.75) is 25.6 Å². The molecule has 1 amide bonds. The van der Waals surface area contributed by atoms with Gasteiger partial charge in [-0.05, 0) is 25.0 Å². The fourth-order valence-corrected chi connectivity index (χ4v) is 2.24. The van der Waals surface area contributed by atoms with Gasteiger partial charge in [-0.15, -0.1) is 0 Å². The van der Waals surface area contributed by atoms with Crippen LogP contribution in [-0.2, 0) is 21.2 Å². The summed E-state index contributed by atoms with van der Waals surface area (Å²) in [6, 6.07) is 5.72. The molecule has 0 bridgehead atoms. The Morgan fingerprint density at radius 2 is 2.06 bits per heavy atom. The first-order chi connectivity index (χ1) is 8.23. The molecule has 6 heteroatoms. The van der Waals surface area contributed by atoms with Crippen LogP contribution in [0.4, 0.5) is 0 Å².